The molecule has 0 bridgehead atoms. The highest BCUT2D eigenvalue weighted by atomic mass is 15.1. The number of rotatable bonds is 4. The highest BCUT2D eigenvalue weighted by Crippen LogP contribution is 2.13. The lowest BCUT2D eigenvalue weighted by molar-refractivity contribution is 1.06. The van der Waals surface area contributed by atoms with Gasteiger partial charge in [-0.25, -0.2) is 4.98 Å². The molecule has 0 aliphatic carbocycles. The molecule has 0 aliphatic rings. The predicted molar refractivity (Wildman–Crippen MR) is 74.3 cm³/mol. The van der Waals surface area contributed by atoms with Gasteiger partial charge in [0.1, 0.15) is 5.82 Å². The van der Waals surface area contributed by atoms with Crippen LogP contribution in [-0.2, 0) is 13.0 Å². The molecule has 1 aromatic carbocycles. The molecule has 2 aromatic rings. The van der Waals surface area contributed by atoms with Gasteiger partial charge in [0.2, 0.25) is 5.95 Å². The second-order valence-electron chi connectivity index (χ2n) is 4.28. The number of nitrogens with two attached hydrogens (primary N) is 1. The summed E-state index contributed by atoms with van der Waals surface area (Å²) < 4.78 is 0. The van der Waals surface area contributed by atoms with Crippen molar-refractivity contribution in [2.45, 2.75) is 26.8 Å². The zero-order chi connectivity index (χ0) is 13.0. The number of hydrogen-bond donors (Lipinski definition) is 2. The Morgan fingerprint density at radius 3 is 2.50 bits per heavy atom. The molecule has 0 saturated heterocycles. The van der Waals surface area contributed by atoms with Crippen molar-refractivity contribution in [3.05, 3.63) is 47.2 Å². The van der Waals surface area contributed by atoms with E-state index in [-0.39, 0.29) is 0 Å². The standard InChI is InChI=1S/C14H18N4/c1-3-11-4-6-12(7-5-11)9-16-13-10(2)8-17-14(15)18-13/h4-8H,3,9H2,1-2H3,(H3,15,16,17,18). The van der Waals surface area contributed by atoms with Crippen molar-refractivity contribution in [2.75, 3.05) is 11.1 Å². The summed E-state index contributed by atoms with van der Waals surface area (Å²) in [7, 11) is 0. The van der Waals surface area contributed by atoms with Gasteiger partial charge in [-0.1, -0.05) is 31.2 Å². The number of nitrogen functional groups attached to an aromatic ring is 1. The van der Waals surface area contributed by atoms with Gasteiger partial charge in [0.15, 0.2) is 0 Å². The smallest absolute Gasteiger partial charge is 0.221 e. The Balaban J connectivity index is 2.04. The second-order valence-corrected chi connectivity index (χ2v) is 4.28. The number of benzene rings is 1. The summed E-state index contributed by atoms with van der Waals surface area (Å²) in [6.45, 7) is 4.85. The molecule has 0 atom stereocenters. The fourth-order valence-corrected chi connectivity index (χ4v) is 1.71. The number of aryl methyl sites for hydroxylation is 2. The number of nitrogens with one attached hydrogen (secondary N) is 1. The third-order valence-corrected chi connectivity index (χ3v) is 2.88. The SMILES string of the molecule is CCc1ccc(CNc2nc(N)ncc2C)cc1. The first-order chi connectivity index (χ1) is 8.69. The van der Waals surface area contributed by atoms with Crippen LogP contribution in [0.2, 0.25) is 0 Å². The summed E-state index contributed by atoms with van der Waals surface area (Å²) in [6, 6.07) is 8.56. The van der Waals surface area contributed by atoms with E-state index in [1.807, 2.05) is 6.92 Å². The molecule has 0 spiro atoms. The summed E-state index contributed by atoms with van der Waals surface area (Å²) in [5, 5.41) is 3.28. The minimum atomic E-state index is 0.296. The van der Waals surface area contributed by atoms with E-state index in [1.54, 1.807) is 6.20 Å². The Bertz CT molecular complexity index is 520. The molecule has 0 saturated carbocycles. The zero-order valence-corrected chi connectivity index (χ0v) is 10.8. The van der Waals surface area contributed by atoms with E-state index in [2.05, 4.69) is 46.5 Å². The largest absolute Gasteiger partial charge is 0.368 e. The maximum absolute atomic E-state index is 5.57. The Morgan fingerprint density at radius 1 is 1.17 bits per heavy atom. The van der Waals surface area contributed by atoms with E-state index in [1.165, 1.54) is 11.1 Å². The highest BCUT2D eigenvalue weighted by Gasteiger charge is 2.01. The van der Waals surface area contributed by atoms with Gasteiger partial charge < -0.3 is 11.1 Å². The molecule has 0 amide bonds. The van der Waals surface area contributed by atoms with E-state index in [0.29, 0.717) is 5.95 Å². The first-order valence-electron chi connectivity index (χ1n) is 6.10. The van der Waals surface area contributed by atoms with Crippen LogP contribution in [0.15, 0.2) is 30.5 Å². The van der Waals surface area contributed by atoms with Gasteiger partial charge in [-0.05, 0) is 24.5 Å². The number of nitrogens with zero attached hydrogens (tertiary/aromatic N) is 2. The Hall–Kier alpha value is -2.10. The third kappa shape index (κ3) is 2.97. The Morgan fingerprint density at radius 2 is 1.83 bits per heavy atom. The normalized spacial score (nSPS) is 10.3. The number of hydrogen-bond acceptors (Lipinski definition) is 4. The lowest BCUT2D eigenvalue weighted by atomic mass is 10.1. The van der Waals surface area contributed by atoms with E-state index in [9.17, 15) is 0 Å². The van der Waals surface area contributed by atoms with Crippen LogP contribution in [0.3, 0.4) is 0 Å². The quantitative estimate of drug-likeness (QED) is 0.864. The van der Waals surface area contributed by atoms with Gasteiger partial charge in [-0.15, -0.1) is 0 Å². The fraction of sp³-hybridized carbons (Fsp3) is 0.286. The molecule has 0 radical (unpaired) electrons. The molecule has 1 aromatic heterocycles. The maximum atomic E-state index is 5.57. The van der Waals surface area contributed by atoms with Crippen LogP contribution in [0, 0.1) is 6.92 Å². The van der Waals surface area contributed by atoms with Crippen LogP contribution in [0.4, 0.5) is 11.8 Å². The van der Waals surface area contributed by atoms with E-state index in [4.69, 9.17) is 5.73 Å². The van der Waals surface area contributed by atoms with Gasteiger partial charge in [-0.3, -0.25) is 0 Å². The van der Waals surface area contributed by atoms with Crippen molar-refractivity contribution in [3.8, 4) is 0 Å². The van der Waals surface area contributed by atoms with Crippen LogP contribution < -0.4 is 11.1 Å². The zero-order valence-electron chi connectivity index (χ0n) is 10.8. The van der Waals surface area contributed by atoms with Gasteiger partial charge in [0.05, 0.1) is 0 Å². The molecular formula is C14H18N4. The Kier molecular flexibility index (Phi) is 3.77. The average Bonchev–Trinajstić information content (AvgIpc) is 2.40. The van der Waals surface area contributed by atoms with Crippen molar-refractivity contribution in [2.24, 2.45) is 0 Å². The number of aromatic nitrogens is 2. The van der Waals surface area contributed by atoms with E-state index >= 15 is 0 Å². The molecule has 0 fully saturated rings. The molecule has 3 N–H and O–H groups in total. The molecule has 0 unspecified atom stereocenters. The molecule has 1 heterocycles. The molecule has 94 valence electrons. The summed E-state index contributed by atoms with van der Waals surface area (Å²) in [6.07, 6.45) is 2.79. The van der Waals surface area contributed by atoms with Crippen molar-refractivity contribution in [1.82, 2.24) is 9.97 Å². The van der Waals surface area contributed by atoms with Crippen molar-refractivity contribution in [3.63, 3.8) is 0 Å². The lowest BCUT2D eigenvalue weighted by Crippen LogP contribution is -2.06. The summed E-state index contributed by atoms with van der Waals surface area (Å²) in [5.74, 6) is 1.09. The van der Waals surface area contributed by atoms with Crippen LogP contribution in [0.1, 0.15) is 23.6 Å². The molecule has 4 nitrogen and oxygen atoms in total. The summed E-state index contributed by atoms with van der Waals surface area (Å²) in [5.41, 5.74) is 9.14. The van der Waals surface area contributed by atoms with Gasteiger partial charge in [-0.2, -0.15) is 4.98 Å². The van der Waals surface area contributed by atoms with Crippen LogP contribution >= 0.6 is 0 Å². The summed E-state index contributed by atoms with van der Waals surface area (Å²) in [4.78, 5) is 8.12. The first-order valence-corrected chi connectivity index (χ1v) is 6.10. The highest BCUT2D eigenvalue weighted by molar-refractivity contribution is 5.45. The van der Waals surface area contributed by atoms with Gasteiger partial charge >= 0.3 is 0 Å². The van der Waals surface area contributed by atoms with Crippen molar-refractivity contribution in [1.29, 1.82) is 0 Å². The molecule has 18 heavy (non-hydrogen) atoms. The van der Waals surface area contributed by atoms with Crippen molar-refractivity contribution < 1.29 is 0 Å². The second kappa shape index (κ2) is 5.49. The van der Waals surface area contributed by atoms with Gasteiger partial charge in [0, 0.05) is 18.3 Å². The summed E-state index contributed by atoms with van der Waals surface area (Å²) >= 11 is 0. The molecular weight excluding hydrogens is 224 g/mol. The Labute approximate surface area is 107 Å². The maximum Gasteiger partial charge on any atom is 0.221 e. The minimum Gasteiger partial charge on any atom is -0.368 e. The third-order valence-electron chi connectivity index (χ3n) is 2.88. The minimum absolute atomic E-state index is 0.296. The first kappa shape index (κ1) is 12.4. The fourth-order valence-electron chi connectivity index (χ4n) is 1.71. The van der Waals surface area contributed by atoms with E-state index in [0.717, 1.165) is 24.3 Å². The van der Waals surface area contributed by atoms with Crippen LogP contribution in [0.25, 0.3) is 0 Å². The van der Waals surface area contributed by atoms with Crippen LogP contribution in [0.5, 0.6) is 0 Å². The lowest BCUT2D eigenvalue weighted by Gasteiger charge is -2.09. The van der Waals surface area contributed by atoms with Crippen molar-refractivity contribution >= 4 is 11.8 Å². The average molecular weight is 242 g/mol. The predicted octanol–water partition coefficient (Wildman–Crippen LogP) is 2.54. The topological polar surface area (TPSA) is 63.8 Å². The molecule has 4 heteroatoms. The monoisotopic (exact) mass is 242 g/mol. The van der Waals surface area contributed by atoms with E-state index < -0.39 is 0 Å². The van der Waals surface area contributed by atoms with Gasteiger partial charge in [0.25, 0.3) is 0 Å². The van der Waals surface area contributed by atoms with Crippen LogP contribution in [-0.4, -0.2) is 9.97 Å². The molecule has 2 rings (SSSR count). The molecule has 0 aliphatic heterocycles. The number of anilines is 2.